The Bertz CT molecular complexity index is 1830. The number of likely N-dealkylation sites (tertiary alicyclic amines) is 1. The van der Waals surface area contributed by atoms with Gasteiger partial charge in [-0.15, -0.1) is 0 Å². The van der Waals surface area contributed by atoms with Gasteiger partial charge in [-0.3, -0.25) is 15.0 Å². The van der Waals surface area contributed by atoms with Crippen LogP contribution in [-0.2, 0) is 26.8 Å². The van der Waals surface area contributed by atoms with E-state index in [1.165, 1.54) is 49.6 Å². The number of carbonyl (C=O) groups is 2. The van der Waals surface area contributed by atoms with E-state index in [2.05, 4.69) is 20.0 Å². The first-order valence-electron chi connectivity index (χ1n) is 13.1. The topological polar surface area (TPSA) is 134 Å². The van der Waals surface area contributed by atoms with Gasteiger partial charge in [0.2, 0.25) is 21.8 Å². The van der Waals surface area contributed by atoms with Crippen LogP contribution in [0.3, 0.4) is 0 Å². The molecular formula is C28H27FN6O5S2. The molecule has 218 valence electrons. The summed E-state index contributed by atoms with van der Waals surface area (Å²) in [6.45, 7) is 2.35. The number of pyridine rings is 1. The maximum atomic E-state index is 14.1. The van der Waals surface area contributed by atoms with Crippen molar-refractivity contribution in [2.24, 2.45) is 0 Å². The van der Waals surface area contributed by atoms with Gasteiger partial charge in [-0.2, -0.15) is 0 Å². The maximum absolute atomic E-state index is 14.1. The number of nitrogens with zero attached hydrogens (tertiary/aromatic N) is 4. The summed E-state index contributed by atoms with van der Waals surface area (Å²) in [5.41, 5.74) is 1.38. The molecule has 2 aromatic heterocycles. The zero-order valence-electron chi connectivity index (χ0n) is 22.8. The third-order valence-electron chi connectivity index (χ3n) is 7.71. The van der Waals surface area contributed by atoms with Crippen LogP contribution in [0.1, 0.15) is 24.5 Å². The lowest BCUT2D eigenvalue weighted by molar-refractivity contribution is -0.127. The van der Waals surface area contributed by atoms with Crippen LogP contribution in [0.5, 0.6) is 5.88 Å². The Morgan fingerprint density at radius 2 is 1.93 bits per heavy atom. The summed E-state index contributed by atoms with van der Waals surface area (Å²) in [6, 6.07) is 13.5. The molecule has 0 bridgehead atoms. The molecule has 2 aliphatic heterocycles. The molecule has 4 heterocycles. The van der Waals surface area contributed by atoms with E-state index in [-0.39, 0.29) is 29.5 Å². The molecule has 1 unspecified atom stereocenters. The number of carbonyl (C=O) groups excluding carboxylic acids is 2. The number of methoxy groups -OCH3 is 1. The highest BCUT2D eigenvalue weighted by molar-refractivity contribution is 7.89. The summed E-state index contributed by atoms with van der Waals surface area (Å²) in [5, 5.41) is 3.20. The van der Waals surface area contributed by atoms with Gasteiger partial charge in [0.25, 0.3) is 0 Å². The molecule has 1 saturated heterocycles. The molecule has 1 spiro atoms. The monoisotopic (exact) mass is 610 g/mol. The molecule has 11 nitrogen and oxygen atoms in total. The summed E-state index contributed by atoms with van der Waals surface area (Å²) >= 11 is 1.21. The van der Waals surface area contributed by atoms with Gasteiger partial charge in [0.1, 0.15) is 16.2 Å². The van der Waals surface area contributed by atoms with Crippen molar-refractivity contribution in [3.8, 4) is 5.88 Å². The van der Waals surface area contributed by atoms with Crippen molar-refractivity contribution in [2.45, 2.75) is 30.2 Å². The summed E-state index contributed by atoms with van der Waals surface area (Å²) < 4.78 is 48.3. The van der Waals surface area contributed by atoms with E-state index in [0.717, 1.165) is 0 Å². The third-order valence-corrected chi connectivity index (χ3v) is 9.99. The Balaban J connectivity index is 1.30. The number of benzene rings is 2. The fourth-order valence-electron chi connectivity index (χ4n) is 5.51. The van der Waals surface area contributed by atoms with Gasteiger partial charge in [-0.05, 0) is 42.3 Å². The van der Waals surface area contributed by atoms with E-state index in [0.29, 0.717) is 52.1 Å². The summed E-state index contributed by atoms with van der Waals surface area (Å²) in [4.78, 5) is 38.5. The fraction of sp³-hybridized carbons (Fsp3) is 0.286. The van der Waals surface area contributed by atoms with Crippen LogP contribution in [0.15, 0.2) is 59.5 Å². The van der Waals surface area contributed by atoms with Crippen molar-refractivity contribution >= 4 is 54.5 Å². The minimum absolute atomic E-state index is 0.00769. The lowest BCUT2D eigenvalue weighted by Gasteiger charge is -2.25. The number of urea groups is 1. The predicted octanol–water partition coefficient (Wildman–Crippen LogP) is 3.86. The molecule has 6 rings (SSSR count). The van der Waals surface area contributed by atoms with E-state index in [9.17, 15) is 22.4 Å². The van der Waals surface area contributed by atoms with E-state index in [1.807, 2.05) is 0 Å². The van der Waals surface area contributed by atoms with Crippen molar-refractivity contribution in [3.05, 3.63) is 71.5 Å². The van der Waals surface area contributed by atoms with Crippen LogP contribution in [0, 0.1) is 5.82 Å². The van der Waals surface area contributed by atoms with Crippen LogP contribution in [0.4, 0.5) is 20.0 Å². The fourth-order valence-corrected chi connectivity index (χ4v) is 7.36. The van der Waals surface area contributed by atoms with Crippen molar-refractivity contribution in [3.63, 3.8) is 0 Å². The van der Waals surface area contributed by atoms with Gasteiger partial charge in [0, 0.05) is 55.8 Å². The first kappa shape index (κ1) is 28.0. The van der Waals surface area contributed by atoms with Crippen LogP contribution in [0.2, 0.25) is 0 Å². The van der Waals surface area contributed by atoms with Gasteiger partial charge in [-0.1, -0.05) is 29.5 Å². The van der Waals surface area contributed by atoms with Gasteiger partial charge in [-0.25, -0.2) is 32.3 Å². The maximum Gasteiger partial charge on any atom is 0.328 e. The molecule has 1 fully saturated rings. The lowest BCUT2D eigenvalue weighted by Crippen LogP contribution is -2.41. The number of hydrogen-bond acceptors (Lipinski definition) is 8. The first-order valence-corrected chi connectivity index (χ1v) is 15.4. The van der Waals surface area contributed by atoms with E-state index in [4.69, 9.17) is 4.74 Å². The van der Waals surface area contributed by atoms with Gasteiger partial charge < -0.3 is 9.64 Å². The second-order valence-electron chi connectivity index (χ2n) is 10.3. The molecule has 4 aromatic rings. The number of fused-ring (bicyclic) bond motifs is 3. The minimum Gasteiger partial charge on any atom is -0.481 e. The Hall–Kier alpha value is -4.14. The van der Waals surface area contributed by atoms with Gasteiger partial charge in [0.15, 0.2) is 5.13 Å². The largest absolute Gasteiger partial charge is 0.481 e. The Morgan fingerprint density at radius 1 is 1.12 bits per heavy atom. The van der Waals surface area contributed by atoms with E-state index >= 15 is 0 Å². The highest BCUT2D eigenvalue weighted by atomic mass is 32.2. The lowest BCUT2D eigenvalue weighted by atomic mass is 9.81. The molecule has 42 heavy (non-hydrogen) atoms. The zero-order valence-corrected chi connectivity index (χ0v) is 24.4. The number of nitrogens with one attached hydrogen (secondary N) is 2. The van der Waals surface area contributed by atoms with Gasteiger partial charge in [0.05, 0.1) is 12.0 Å². The number of anilines is 2. The number of thiazole rings is 1. The summed E-state index contributed by atoms with van der Waals surface area (Å²) in [7, 11) is -2.50. The number of rotatable bonds is 6. The van der Waals surface area contributed by atoms with Crippen LogP contribution in [-0.4, -0.2) is 62.0 Å². The molecule has 14 heteroatoms. The molecule has 3 amide bonds. The Labute approximate surface area is 245 Å². The third kappa shape index (κ3) is 5.05. The molecule has 0 radical (unpaired) electrons. The number of hydrogen-bond donors (Lipinski definition) is 2. The van der Waals surface area contributed by atoms with Crippen LogP contribution < -0.4 is 19.7 Å². The predicted molar refractivity (Wildman–Crippen MR) is 156 cm³/mol. The van der Waals surface area contributed by atoms with Crippen LogP contribution >= 0.6 is 11.3 Å². The molecule has 2 N–H and O–H groups in total. The number of halogens is 1. The highest BCUT2D eigenvalue weighted by Crippen LogP contribution is 2.47. The normalized spacial score (nSPS) is 18.1. The quantitative estimate of drug-likeness (QED) is 0.339. The number of ether oxygens (including phenoxy) is 1. The summed E-state index contributed by atoms with van der Waals surface area (Å²) in [5.74, 6) is -0.165. The molecular weight excluding hydrogens is 583 g/mol. The average molecular weight is 611 g/mol. The molecule has 2 aliphatic rings. The highest BCUT2D eigenvalue weighted by Gasteiger charge is 2.50. The Morgan fingerprint density at radius 3 is 2.67 bits per heavy atom. The van der Waals surface area contributed by atoms with Crippen molar-refractivity contribution in [2.75, 3.05) is 37.0 Å². The molecule has 1 atom stereocenters. The van der Waals surface area contributed by atoms with Crippen LogP contribution in [0.25, 0.3) is 10.3 Å². The van der Waals surface area contributed by atoms with E-state index in [1.54, 1.807) is 40.1 Å². The second-order valence-corrected chi connectivity index (χ2v) is 13.0. The first-order chi connectivity index (χ1) is 20.1. The van der Waals surface area contributed by atoms with Gasteiger partial charge >= 0.3 is 6.03 Å². The standard InChI is InChI=1S/C28H27FN6O5S2/c1-17(36)34-12-11-28(15-34)16-35(27(37)33-26-31-22-8-10-24(40-2)32-25(22)41-26)23-9-7-19(13-20(23)28)42(38,39)30-14-18-5-3-4-6-21(18)29/h3-10,13,30H,11-12,14-16H2,1-2H3,(H,31,33,37). The molecule has 0 aliphatic carbocycles. The van der Waals surface area contributed by atoms with Crippen molar-refractivity contribution in [1.29, 1.82) is 0 Å². The van der Waals surface area contributed by atoms with Crippen molar-refractivity contribution in [1.82, 2.24) is 19.6 Å². The number of aromatic nitrogens is 2. The summed E-state index contributed by atoms with van der Waals surface area (Å²) in [6.07, 6.45) is 0.556. The number of sulfonamides is 1. The smallest absolute Gasteiger partial charge is 0.328 e. The molecule has 0 saturated carbocycles. The average Bonchev–Trinajstić information content (AvgIpc) is 3.67. The minimum atomic E-state index is -4.02. The zero-order chi connectivity index (χ0) is 29.6. The second kappa shape index (κ2) is 10.6. The number of amides is 3. The van der Waals surface area contributed by atoms with E-state index < -0.39 is 27.3 Å². The van der Waals surface area contributed by atoms with Crippen molar-refractivity contribution < 1.29 is 27.1 Å². The Kier molecular flexibility index (Phi) is 7.07. The molecule has 2 aromatic carbocycles. The SMILES string of the molecule is COc1ccc2nc(NC(=O)N3CC4(CCN(C(C)=O)C4)c4cc(S(=O)(=O)NCc5ccccc5F)ccc43)sc2n1.